The van der Waals surface area contributed by atoms with Crippen molar-refractivity contribution in [3.63, 3.8) is 0 Å². The summed E-state index contributed by atoms with van der Waals surface area (Å²) in [5.74, 6) is -1.49. The van der Waals surface area contributed by atoms with Crippen LogP contribution in [-0.4, -0.2) is 80.6 Å². The molecule has 35 heavy (non-hydrogen) atoms. The van der Waals surface area contributed by atoms with Gasteiger partial charge in [0.05, 0.1) is 23.2 Å². The highest BCUT2D eigenvalue weighted by atomic mass is 32.2. The van der Waals surface area contributed by atoms with Gasteiger partial charge < -0.3 is 19.6 Å². The summed E-state index contributed by atoms with van der Waals surface area (Å²) in [6.07, 6.45) is 6.91. The number of likely N-dealkylation sites (tertiary alicyclic amines) is 1. The molecule has 8 heteroatoms. The average molecular weight is 507 g/mol. The molecule has 7 nitrogen and oxygen atoms in total. The van der Waals surface area contributed by atoms with Gasteiger partial charge in [-0.2, -0.15) is 0 Å². The number of amides is 2. The number of fused-ring (bicyclic) bond motifs is 1. The maximum atomic E-state index is 14.3. The lowest BCUT2D eigenvalue weighted by molar-refractivity contribution is -0.154. The van der Waals surface area contributed by atoms with Gasteiger partial charge in [0.2, 0.25) is 11.8 Å². The molecular formula is C27H42N2O5S. The van der Waals surface area contributed by atoms with Gasteiger partial charge in [0.15, 0.2) is 0 Å². The molecule has 3 aliphatic rings. The van der Waals surface area contributed by atoms with Crippen molar-refractivity contribution in [3.05, 3.63) is 25.3 Å². The minimum absolute atomic E-state index is 0.0236. The lowest BCUT2D eigenvalue weighted by Gasteiger charge is -2.44. The number of hydrogen-bond donors (Lipinski definition) is 1. The normalized spacial score (nSPS) is 31.4. The van der Waals surface area contributed by atoms with E-state index < -0.39 is 28.2 Å². The van der Waals surface area contributed by atoms with Gasteiger partial charge in [-0.1, -0.05) is 19.1 Å². The molecule has 3 aliphatic heterocycles. The molecule has 0 saturated carbocycles. The molecule has 0 radical (unpaired) electrons. The Labute approximate surface area is 214 Å². The maximum Gasteiger partial charge on any atom is 0.310 e. The molecule has 1 spiro atoms. The lowest BCUT2D eigenvalue weighted by atomic mass is 9.66. The number of aliphatic hydroxyl groups is 1. The van der Waals surface area contributed by atoms with Gasteiger partial charge in [-0.3, -0.25) is 14.4 Å². The fourth-order valence-electron chi connectivity index (χ4n) is 6.19. The van der Waals surface area contributed by atoms with Gasteiger partial charge in [0, 0.05) is 30.5 Å². The monoisotopic (exact) mass is 506 g/mol. The fraction of sp³-hybridized carbons (Fsp3) is 0.741. The number of thioether (sulfide) groups is 1. The molecule has 0 aliphatic carbocycles. The van der Waals surface area contributed by atoms with E-state index in [4.69, 9.17) is 4.74 Å². The second kappa shape index (κ2) is 11.1. The van der Waals surface area contributed by atoms with Crippen LogP contribution in [0, 0.1) is 17.8 Å². The van der Waals surface area contributed by atoms with Crippen LogP contribution in [0.4, 0.5) is 0 Å². The van der Waals surface area contributed by atoms with E-state index >= 15 is 0 Å². The molecule has 2 bridgehead atoms. The minimum Gasteiger partial charge on any atom is -0.465 e. The van der Waals surface area contributed by atoms with Crippen LogP contribution in [0.3, 0.4) is 0 Å². The summed E-state index contributed by atoms with van der Waals surface area (Å²) in [5, 5.41) is 9.17. The number of unbranched alkanes of at least 4 members (excludes halogenated alkanes) is 2. The number of rotatable bonds is 12. The molecule has 3 saturated heterocycles. The Morgan fingerprint density at radius 3 is 2.57 bits per heavy atom. The molecule has 0 aromatic rings. The van der Waals surface area contributed by atoms with E-state index in [1.807, 2.05) is 25.7 Å². The van der Waals surface area contributed by atoms with Crippen LogP contribution in [0.15, 0.2) is 25.3 Å². The van der Waals surface area contributed by atoms with E-state index in [-0.39, 0.29) is 42.2 Å². The molecule has 6 atom stereocenters. The maximum absolute atomic E-state index is 14.3. The summed E-state index contributed by atoms with van der Waals surface area (Å²) >= 11 is 1.67. The molecule has 196 valence electrons. The quantitative estimate of drug-likeness (QED) is 0.248. The first-order valence-corrected chi connectivity index (χ1v) is 13.7. The molecule has 3 unspecified atom stereocenters. The van der Waals surface area contributed by atoms with Crippen molar-refractivity contribution in [1.82, 2.24) is 9.80 Å². The third-order valence-corrected chi connectivity index (χ3v) is 9.84. The van der Waals surface area contributed by atoms with Crippen molar-refractivity contribution in [2.75, 3.05) is 26.3 Å². The second-order valence-electron chi connectivity index (χ2n) is 11.0. The fourth-order valence-corrected chi connectivity index (χ4v) is 8.59. The Hall–Kier alpha value is -1.80. The second-order valence-corrected chi connectivity index (χ2v) is 12.6. The molecule has 0 aromatic heterocycles. The number of esters is 1. The predicted molar refractivity (Wildman–Crippen MR) is 139 cm³/mol. The zero-order chi connectivity index (χ0) is 26.0. The standard InChI is InChI=1S/C27H42N2O5S/c1-7-9-16-34-25(33)20-19-17-18(3)27(35-19)21(20)23(31)28(14-11-10-12-15-30)22(27)24(32)29(13-8-2)26(4,5)6/h7-8,18-22,30H,1-2,9-17H2,3-6H3/t18?,19-,20+,21-,22?,27?/m0/s1. The summed E-state index contributed by atoms with van der Waals surface area (Å²) in [6.45, 7) is 16.8. The number of carbonyl (C=O) groups is 3. The SMILES string of the molecule is C=CCCOC(=O)[C@@H]1[C@@H]2CC(C)C3(S2)C(C(=O)N(CC=C)C(C)(C)C)N(CCCCCO)C(=O)[C@H]13. The third-order valence-electron chi connectivity index (χ3n) is 7.76. The molecule has 3 fully saturated rings. The van der Waals surface area contributed by atoms with Gasteiger partial charge in [-0.05, 0) is 58.8 Å². The molecule has 3 heterocycles. The van der Waals surface area contributed by atoms with Gasteiger partial charge in [0.1, 0.15) is 6.04 Å². The highest BCUT2D eigenvalue weighted by Gasteiger charge is 2.76. The highest BCUT2D eigenvalue weighted by molar-refractivity contribution is 8.02. The first-order valence-electron chi connectivity index (χ1n) is 12.8. The summed E-state index contributed by atoms with van der Waals surface area (Å²) in [6, 6.07) is -0.635. The first-order chi connectivity index (χ1) is 16.6. The zero-order valence-electron chi connectivity index (χ0n) is 21.7. The topological polar surface area (TPSA) is 87.2 Å². The highest BCUT2D eigenvalue weighted by Crippen LogP contribution is 2.68. The smallest absolute Gasteiger partial charge is 0.310 e. The molecule has 3 rings (SSSR count). The Bertz CT molecular complexity index is 840. The van der Waals surface area contributed by atoms with E-state index in [0.717, 1.165) is 12.8 Å². The Morgan fingerprint density at radius 1 is 1.26 bits per heavy atom. The van der Waals surface area contributed by atoms with Crippen molar-refractivity contribution in [2.45, 2.75) is 81.4 Å². The van der Waals surface area contributed by atoms with Crippen LogP contribution in [0.25, 0.3) is 0 Å². The van der Waals surface area contributed by atoms with Crippen molar-refractivity contribution < 1.29 is 24.2 Å². The van der Waals surface area contributed by atoms with Crippen LogP contribution in [0.5, 0.6) is 0 Å². The van der Waals surface area contributed by atoms with Gasteiger partial charge in [0.25, 0.3) is 0 Å². The van der Waals surface area contributed by atoms with Gasteiger partial charge in [-0.25, -0.2) is 0 Å². The minimum atomic E-state index is -0.650. The largest absolute Gasteiger partial charge is 0.465 e. The number of aliphatic hydroxyl groups excluding tert-OH is 1. The number of hydrogen-bond acceptors (Lipinski definition) is 6. The first kappa shape index (κ1) is 27.8. The van der Waals surface area contributed by atoms with Crippen LogP contribution in [0.1, 0.15) is 59.8 Å². The van der Waals surface area contributed by atoms with E-state index in [0.29, 0.717) is 32.4 Å². The molecule has 1 N–H and O–H groups in total. The number of nitrogens with zero attached hydrogens (tertiary/aromatic N) is 2. The average Bonchev–Trinajstić information content (AvgIpc) is 3.38. The summed E-state index contributed by atoms with van der Waals surface area (Å²) in [7, 11) is 0. The Balaban J connectivity index is 2.01. The summed E-state index contributed by atoms with van der Waals surface area (Å²) in [5.41, 5.74) is -0.445. The van der Waals surface area contributed by atoms with Crippen molar-refractivity contribution in [1.29, 1.82) is 0 Å². The van der Waals surface area contributed by atoms with Gasteiger partial charge in [-0.15, -0.1) is 24.9 Å². The summed E-state index contributed by atoms with van der Waals surface area (Å²) < 4.78 is 4.91. The summed E-state index contributed by atoms with van der Waals surface area (Å²) in [4.78, 5) is 45.1. The Kier molecular flexibility index (Phi) is 8.79. The van der Waals surface area contributed by atoms with Crippen LogP contribution >= 0.6 is 11.8 Å². The zero-order valence-corrected chi connectivity index (χ0v) is 22.5. The molecular weight excluding hydrogens is 464 g/mol. The number of ether oxygens (including phenoxy) is 1. The van der Waals surface area contributed by atoms with Gasteiger partial charge >= 0.3 is 5.97 Å². The molecule has 2 amide bonds. The van der Waals surface area contributed by atoms with E-state index in [2.05, 4.69) is 20.1 Å². The van der Waals surface area contributed by atoms with E-state index in [1.165, 1.54) is 0 Å². The molecule has 0 aromatic carbocycles. The van der Waals surface area contributed by atoms with Crippen LogP contribution < -0.4 is 0 Å². The number of carbonyl (C=O) groups excluding carboxylic acids is 3. The van der Waals surface area contributed by atoms with Crippen molar-refractivity contribution >= 4 is 29.5 Å². The van der Waals surface area contributed by atoms with Crippen LogP contribution in [-0.2, 0) is 19.1 Å². The van der Waals surface area contributed by atoms with E-state index in [9.17, 15) is 19.5 Å². The third kappa shape index (κ3) is 4.93. The van der Waals surface area contributed by atoms with Crippen molar-refractivity contribution in [3.8, 4) is 0 Å². The Morgan fingerprint density at radius 2 is 1.97 bits per heavy atom. The van der Waals surface area contributed by atoms with Crippen LogP contribution in [0.2, 0.25) is 0 Å². The lowest BCUT2D eigenvalue weighted by Crippen LogP contribution is -2.60. The van der Waals surface area contributed by atoms with Crippen molar-refractivity contribution in [2.24, 2.45) is 17.8 Å². The van der Waals surface area contributed by atoms with E-state index in [1.54, 1.807) is 28.8 Å². The predicted octanol–water partition coefficient (Wildman–Crippen LogP) is 3.42.